The van der Waals surface area contributed by atoms with Crippen LogP contribution in [0, 0.1) is 13.8 Å². The van der Waals surface area contributed by atoms with Gasteiger partial charge in [0.1, 0.15) is 0 Å². The van der Waals surface area contributed by atoms with E-state index in [9.17, 15) is 8.42 Å². The van der Waals surface area contributed by atoms with Gasteiger partial charge in [0, 0.05) is 19.3 Å². The second-order valence-electron chi connectivity index (χ2n) is 5.25. The highest BCUT2D eigenvalue weighted by molar-refractivity contribution is 7.89. The largest absolute Gasteiger partial charge is 0.399 e. The zero-order valence-corrected chi connectivity index (χ0v) is 13.3. The van der Waals surface area contributed by atoms with Crippen molar-refractivity contribution in [2.75, 3.05) is 12.8 Å². The van der Waals surface area contributed by atoms with E-state index in [4.69, 9.17) is 5.73 Å². The summed E-state index contributed by atoms with van der Waals surface area (Å²) in [6, 6.07) is 12.4. The summed E-state index contributed by atoms with van der Waals surface area (Å²) < 4.78 is 26.5. The van der Waals surface area contributed by atoms with Crippen LogP contribution in [0.5, 0.6) is 0 Å². The minimum Gasteiger partial charge on any atom is -0.399 e. The van der Waals surface area contributed by atoms with Gasteiger partial charge in [-0.2, -0.15) is 4.31 Å². The number of rotatable bonds is 4. The summed E-state index contributed by atoms with van der Waals surface area (Å²) in [6.07, 6.45) is 0. The molecule has 4 nitrogen and oxygen atoms in total. The van der Waals surface area contributed by atoms with Crippen LogP contribution in [-0.4, -0.2) is 19.8 Å². The van der Waals surface area contributed by atoms with Crippen molar-refractivity contribution in [2.45, 2.75) is 25.3 Å². The lowest BCUT2D eigenvalue weighted by atomic mass is 10.1. The van der Waals surface area contributed by atoms with Crippen LogP contribution in [0.1, 0.15) is 16.7 Å². The average molecular weight is 304 g/mol. The van der Waals surface area contributed by atoms with Gasteiger partial charge in [0.25, 0.3) is 0 Å². The summed E-state index contributed by atoms with van der Waals surface area (Å²) in [7, 11) is -1.90. The summed E-state index contributed by atoms with van der Waals surface area (Å²) in [5.41, 5.74) is 9.25. The number of nitrogen functional groups attached to an aromatic ring is 1. The average Bonchev–Trinajstić information content (AvgIpc) is 2.44. The molecule has 0 amide bonds. The Bertz CT molecular complexity index is 737. The van der Waals surface area contributed by atoms with Crippen LogP contribution in [0.3, 0.4) is 0 Å². The Balaban J connectivity index is 2.25. The number of aryl methyl sites for hydroxylation is 2. The van der Waals surface area contributed by atoms with Gasteiger partial charge in [-0.25, -0.2) is 8.42 Å². The van der Waals surface area contributed by atoms with Gasteiger partial charge in [0.05, 0.1) is 4.90 Å². The van der Waals surface area contributed by atoms with E-state index in [1.807, 2.05) is 32.0 Å². The van der Waals surface area contributed by atoms with Crippen LogP contribution < -0.4 is 5.73 Å². The summed E-state index contributed by atoms with van der Waals surface area (Å²) in [5.74, 6) is 0. The highest BCUT2D eigenvalue weighted by Gasteiger charge is 2.21. The molecule has 0 aliphatic rings. The lowest BCUT2D eigenvalue weighted by molar-refractivity contribution is 0.466. The topological polar surface area (TPSA) is 63.4 Å². The molecule has 0 unspecified atom stereocenters. The van der Waals surface area contributed by atoms with E-state index in [0.717, 1.165) is 16.7 Å². The second kappa shape index (κ2) is 5.87. The number of hydrogen-bond donors (Lipinski definition) is 1. The molecule has 0 saturated carbocycles. The van der Waals surface area contributed by atoms with Crippen molar-refractivity contribution in [3.8, 4) is 0 Å². The predicted molar refractivity (Wildman–Crippen MR) is 85.4 cm³/mol. The van der Waals surface area contributed by atoms with Gasteiger partial charge in [-0.3, -0.25) is 0 Å². The highest BCUT2D eigenvalue weighted by atomic mass is 32.2. The summed E-state index contributed by atoms with van der Waals surface area (Å²) >= 11 is 0. The molecular formula is C16H20N2O2S. The Kier molecular flexibility index (Phi) is 4.34. The summed E-state index contributed by atoms with van der Waals surface area (Å²) in [6.45, 7) is 4.19. The number of anilines is 1. The van der Waals surface area contributed by atoms with Gasteiger partial charge in [0.2, 0.25) is 10.0 Å². The van der Waals surface area contributed by atoms with Crippen molar-refractivity contribution in [2.24, 2.45) is 0 Å². The first-order valence-electron chi connectivity index (χ1n) is 6.69. The molecule has 21 heavy (non-hydrogen) atoms. The molecular weight excluding hydrogens is 284 g/mol. The zero-order valence-electron chi connectivity index (χ0n) is 12.5. The normalized spacial score (nSPS) is 11.8. The predicted octanol–water partition coefficient (Wildman–Crippen LogP) is 2.71. The smallest absolute Gasteiger partial charge is 0.243 e. The molecule has 2 N–H and O–H groups in total. The lowest BCUT2D eigenvalue weighted by Crippen LogP contribution is -2.26. The molecule has 2 aromatic rings. The van der Waals surface area contributed by atoms with Crippen LogP contribution in [0.4, 0.5) is 5.69 Å². The van der Waals surface area contributed by atoms with Crippen molar-refractivity contribution in [3.05, 3.63) is 59.2 Å². The van der Waals surface area contributed by atoms with Crippen molar-refractivity contribution in [1.82, 2.24) is 4.31 Å². The van der Waals surface area contributed by atoms with Gasteiger partial charge in [-0.1, -0.05) is 18.2 Å². The Labute approximate surface area is 126 Å². The minimum atomic E-state index is -3.48. The standard InChI is InChI=1S/C16H20N2O2S/c1-12-4-9-16(10-13(12)2)21(19,20)18(3)11-14-5-7-15(17)8-6-14/h4-10H,11,17H2,1-3H3. The summed E-state index contributed by atoms with van der Waals surface area (Å²) in [5, 5.41) is 0. The number of nitrogens with two attached hydrogens (primary N) is 1. The van der Waals surface area contributed by atoms with Crippen LogP contribution >= 0.6 is 0 Å². The van der Waals surface area contributed by atoms with Crippen molar-refractivity contribution >= 4 is 15.7 Å². The van der Waals surface area contributed by atoms with Crippen molar-refractivity contribution in [3.63, 3.8) is 0 Å². The van der Waals surface area contributed by atoms with E-state index in [-0.39, 0.29) is 0 Å². The van der Waals surface area contributed by atoms with Crippen LogP contribution in [-0.2, 0) is 16.6 Å². The summed E-state index contributed by atoms with van der Waals surface area (Å²) in [4.78, 5) is 0.323. The van der Waals surface area contributed by atoms with E-state index >= 15 is 0 Å². The molecule has 0 atom stereocenters. The van der Waals surface area contributed by atoms with Gasteiger partial charge < -0.3 is 5.73 Å². The fraction of sp³-hybridized carbons (Fsp3) is 0.250. The van der Waals surface area contributed by atoms with E-state index in [1.165, 1.54) is 4.31 Å². The van der Waals surface area contributed by atoms with Gasteiger partial charge in [-0.15, -0.1) is 0 Å². The molecule has 2 rings (SSSR count). The second-order valence-corrected chi connectivity index (χ2v) is 7.29. The highest BCUT2D eigenvalue weighted by Crippen LogP contribution is 2.20. The molecule has 0 aromatic heterocycles. The Morgan fingerprint density at radius 1 is 1.00 bits per heavy atom. The van der Waals surface area contributed by atoms with E-state index in [0.29, 0.717) is 17.1 Å². The Morgan fingerprint density at radius 3 is 2.19 bits per heavy atom. The molecule has 0 aliphatic heterocycles. The fourth-order valence-electron chi connectivity index (χ4n) is 2.02. The lowest BCUT2D eigenvalue weighted by Gasteiger charge is -2.18. The monoisotopic (exact) mass is 304 g/mol. The molecule has 0 heterocycles. The third kappa shape index (κ3) is 3.43. The molecule has 0 spiro atoms. The van der Waals surface area contributed by atoms with E-state index < -0.39 is 10.0 Å². The van der Waals surface area contributed by atoms with Crippen LogP contribution in [0.2, 0.25) is 0 Å². The maximum atomic E-state index is 12.6. The minimum absolute atomic E-state index is 0.315. The molecule has 5 heteroatoms. The molecule has 0 saturated heterocycles. The number of nitrogens with zero attached hydrogens (tertiary/aromatic N) is 1. The molecule has 0 bridgehead atoms. The Hall–Kier alpha value is -1.85. The fourth-order valence-corrected chi connectivity index (χ4v) is 3.26. The van der Waals surface area contributed by atoms with Crippen LogP contribution in [0.25, 0.3) is 0 Å². The third-order valence-electron chi connectivity index (χ3n) is 3.57. The first kappa shape index (κ1) is 15.5. The maximum Gasteiger partial charge on any atom is 0.243 e. The molecule has 0 aliphatic carbocycles. The number of benzene rings is 2. The third-order valence-corrected chi connectivity index (χ3v) is 5.37. The Morgan fingerprint density at radius 2 is 1.62 bits per heavy atom. The zero-order chi connectivity index (χ0) is 15.6. The van der Waals surface area contributed by atoms with Crippen molar-refractivity contribution in [1.29, 1.82) is 0 Å². The van der Waals surface area contributed by atoms with Gasteiger partial charge >= 0.3 is 0 Å². The maximum absolute atomic E-state index is 12.6. The first-order valence-corrected chi connectivity index (χ1v) is 8.13. The van der Waals surface area contributed by atoms with Crippen molar-refractivity contribution < 1.29 is 8.42 Å². The van der Waals surface area contributed by atoms with Crippen LogP contribution in [0.15, 0.2) is 47.4 Å². The molecule has 0 fully saturated rings. The quantitative estimate of drug-likeness (QED) is 0.883. The van der Waals surface area contributed by atoms with Gasteiger partial charge in [0.15, 0.2) is 0 Å². The molecule has 2 aromatic carbocycles. The number of sulfonamides is 1. The van der Waals surface area contributed by atoms with E-state index in [2.05, 4.69) is 0 Å². The van der Waals surface area contributed by atoms with E-state index in [1.54, 1.807) is 31.3 Å². The van der Waals surface area contributed by atoms with Gasteiger partial charge in [-0.05, 0) is 54.8 Å². The molecule has 0 radical (unpaired) electrons. The first-order chi connectivity index (χ1) is 9.80. The number of hydrogen-bond acceptors (Lipinski definition) is 3. The molecule has 112 valence electrons. The SMILES string of the molecule is Cc1ccc(S(=O)(=O)N(C)Cc2ccc(N)cc2)cc1C.